The fourth-order valence-electron chi connectivity index (χ4n) is 4.99. The molecule has 0 saturated heterocycles. The zero-order chi connectivity index (χ0) is 12.8. The van der Waals surface area contributed by atoms with Crippen LogP contribution in [0.4, 0.5) is 0 Å². The van der Waals surface area contributed by atoms with Crippen LogP contribution in [0.1, 0.15) is 44.9 Å². The molecule has 3 nitrogen and oxygen atoms in total. The van der Waals surface area contributed by atoms with Gasteiger partial charge < -0.3 is 10.2 Å². The summed E-state index contributed by atoms with van der Waals surface area (Å²) in [5.74, 6) is 3.18. The molecule has 0 atom stereocenters. The van der Waals surface area contributed by atoms with Crippen LogP contribution >= 0.6 is 0 Å². The van der Waals surface area contributed by atoms with Crippen LogP contribution in [0.25, 0.3) is 0 Å². The number of nitrogens with zero attached hydrogens (tertiary/aromatic N) is 1. The van der Waals surface area contributed by atoms with Gasteiger partial charge in [-0.05, 0) is 56.3 Å². The molecule has 4 aliphatic carbocycles. The van der Waals surface area contributed by atoms with Crippen LogP contribution in [0.15, 0.2) is 0 Å². The molecule has 18 heavy (non-hydrogen) atoms. The Hall–Kier alpha value is -0.570. The van der Waals surface area contributed by atoms with Gasteiger partial charge in [0.25, 0.3) is 0 Å². The first-order valence-corrected chi connectivity index (χ1v) is 7.51. The molecule has 4 aliphatic rings. The average molecular weight is 250 g/mol. The van der Waals surface area contributed by atoms with Gasteiger partial charge >= 0.3 is 0 Å². The number of carbonyl (C=O) groups is 1. The highest BCUT2D eigenvalue weighted by molar-refractivity contribution is 5.75. The third-order valence-corrected chi connectivity index (χ3v) is 5.38. The largest absolute Gasteiger partial charge is 0.349 e. The highest BCUT2D eigenvalue weighted by Gasteiger charge is 2.50. The Labute approximate surface area is 110 Å². The first-order chi connectivity index (χ1) is 8.56. The van der Waals surface area contributed by atoms with Gasteiger partial charge in [-0.25, -0.2) is 0 Å². The van der Waals surface area contributed by atoms with Gasteiger partial charge in [-0.2, -0.15) is 0 Å². The van der Waals surface area contributed by atoms with E-state index < -0.39 is 0 Å². The van der Waals surface area contributed by atoms with Gasteiger partial charge in [-0.1, -0.05) is 0 Å². The maximum Gasteiger partial charge on any atom is 0.223 e. The second kappa shape index (κ2) is 4.52. The van der Waals surface area contributed by atoms with E-state index in [-0.39, 0.29) is 5.91 Å². The Morgan fingerprint density at radius 3 is 2.06 bits per heavy atom. The highest BCUT2D eigenvalue weighted by Crippen LogP contribution is 2.55. The summed E-state index contributed by atoms with van der Waals surface area (Å²) in [6.07, 6.45) is 9.21. The Morgan fingerprint density at radius 1 is 1.11 bits per heavy atom. The van der Waals surface area contributed by atoms with Crippen LogP contribution in [0.3, 0.4) is 0 Å². The molecule has 4 bridgehead atoms. The molecule has 0 heterocycles. The first kappa shape index (κ1) is 12.5. The van der Waals surface area contributed by atoms with Crippen molar-refractivity contribution in [1.29, 1.82) is 0 Å². The summed E-state index contributed by atoms with van der Waals surface area (Å²) in [4.78, 5) is 13.3. The van der Waals surface area contributed by atoms with Gasteiger partial charge in [0.05, 0.1) is 0 Å². The predicted molar refractivity (Wildman–Crippen MR) is 72.2 cm³/mol. The van der Waals surface area contributed by atoms with Crippen LogP contribution in [0, 0.1) is 17.8 Å². The quantitative estimate of drug-likeness (QED) is 0.828. The smallest absolute Gasteiger partial charge is 0.223 e. The van der Waals surface area contributed by atoms with Crippen molar-refractivity contribution in [3.63, 3.8) is 0 Å². The van der Waals surface area contributed by atoms with E-state index in [1.165, 1.54) is 38.5 Å². The molecule has 1 amide bonds. The third-order valence-electron chi connectivity index (χ3n) is 5.38. The minimum Gasteiger partial charge on any atom is -0.349 e. The molecule has 0 aromatic rings. The molecule has 4 rings (SSSR count). The molecular weight excluding hydrogens is 224 g/mol. The van der Waals surface area contributed by atoms with Crippen LogP contribution in [0.5, 0.6) is 0 Å². The Kier molecular flexibility index (Phi) is 3.13. The molecule has 0 aliphatic heterocycles. The molecule has 1 N–H and O–H groups in total. The lowest BCUT2D eigenvalue weighted by Crippen LogP contribution is -2.58. The standard InChI is InChI=1S/C15H26N2O/c1-17(2)14(18)3-4-16-15-8-11-5-12(9-15)7-13(6-11)10-15/h11-13,16H,3-10H2,1-2H3. The maximum atomic E-state index is 11.6. The predicted octanol–water partition coefficient (Wildman–Crippen LogP) is 2.02. The van der Waals surface area contributed by atoms with Crippen molar-refractivity contribution in [2.24, 2.45) is 17.8 Å². The second-order valence-electron chi connectivity index (χ2n) is 7.16. The van der Waals surface area contributed by atoms with Gasteiger partial charge in [-0.3, -0.25) is 4.79 Å². The molecule has 0 radical (unpaired) electrons. The van der Waals surface area contributed by atoms with Gasteiger partial charge in [0.2, 0.25) is 5.91 Å². The Balaban J connectivity index is 1.54. The van der Waals surface area contributed by atoms with Crippen LogP contribution in [-0.2, 0) is 4.79 Å². The van der Waals surface area contributed by atoms with Gasteiger partial charge in [-0.15, -0.1) is 0 Å². The van der Waals surface area contributed by atoms with Crippen molar-refractivity contribution in [2.75, 3.05) is 20.6 Å². The van der Waals surface area contributed by atoms with E-state index in [2.05, 4.69) is 5.32 Å². The summed E-state index contributed by atoms with van der Waals surface area (Å²) >= 11 is 0. The number of rotatable bonds is 4. The summed E-state index contributed by atoms with van der Waals surface area (Å²) in [5, 5.41) is 3.77. The minimum absolute atomic E-state index is 0.243. The number of carbonyl (C=O) groups excluding carboxylic acids is 1. The summed E-state index contributed by atoms with van der Waals surface area (Å²) < 4.78 is 0. The van der Waals surface area contributed by atoms with E-state index in [0.29, 0.717) is 12.0 Å². The van der Waals surface area contributed by atoms with Crippen LogP contribution < -0.4 is 5.32 Å². The normalized spacial score (nSPS) is 41.1. The molecule has 0 aromatic heterocycles. The van der Waals surface area contributed by atoms with Crippen molar-refractivity contribution >= 4 is 5.91 Å². The van der Waals surface area contributed by atoms with E-state index in [0.717, 1.165) is 24.3 Å². The molecule has 3 heteroatoms. The summed E-state index contributed by atoms with van der Waals surface area (Å²) in [6, 6.07) is 0. The molecule has 4 saturated carbocycles. The molecule has 102 valence electrons. The SMILES string of the molecule is CN(C)C(=O)CCNC12CC3CC(CC(C3)C1)C2. The molecule has 0 spiro atoms. The average Bonchev–Trinajstić information content (AvgIpc) is 2.26. The highest BCUT2D eigenvalue weighted by atomic mass is 16.2. The summed E-state index contributed by atoms with van der Waals surface area (Å²) in [6.45, 7) is 0.864. The third kappa shape index (κ3) is 2.29. The van der Waals surface area contributed by atoms with Crippen LogP contribution in [0.2, 0.25) is 0 Å². The van der Waals surface area contributed by atoms with Gasteiger partial charge in [0.15, 0.2) is 0 Å². The molecule has 0 unspecified atom stereocenters. The lowest BCUT2D eigenvalue weighted by atomic mass is 9.53. The van der Waals surface area contributed by atoms with Gasteiger partial charge in [0.1, 0.15) is 0 Å². The monoisotopic (exact) mass is 250 g/mol. The topological polar surface area (TPSA) is 32.3 Å². The fraction of sp³-hybridized carbons (Fsp3) is 0.933. The fourth-order valence-corrected chi connectivity index (χ4v) is 4.99. The van der Waals surface area contributed by atoms with Crippen molar-refractivity contribution in [3.05, 3.63) is 0 Å². The van der Waals surface area contributed by atoms with Gasteiger partial charge in [0, 0.05) is 32.6 Å². The molecule has 4 fully saturated rings. The number of hydrogen-bond acceptors (Lipinski definition) is 2. The number of hydrogen-bond donors (Lipinski definition) is 1. The Morgan fingerprint density at radius 2 is 1.61 bits per heavy atom. The zero-order valence-electron chi connectivity index (χ0n) is 11.7. The van der Waals surface area contributed by atoms with Crippen molar-refractivity contribution in [3.8, 4) is 0 Å². The molecular formula is C15H26N2O. The number of amides is 1. The summed E-state index contributed by atoms with van der Waals surface area (Å²) in [7, 11) is 3.68. The van der Waals surface area contributed by atoms with Crippen LogP contribution in [-0.4, -0.2) is 37.0 Å². The zero-order valence-corrected chi connectivity index (χ0v) is 11.7. The van der Waals surface area contributed by atoms with E-state index in [9.17, 15) is 4.79 Å². The maximum absolute atomic E-state index is 11.6. The van der Waals surface area contributed by atoms with E-state index in [1.807, 2.05) is 14.1 Å². The summed E-state index contributed by atoms with van der Waals surface area (Å²) in [5.41, 5.74) is 0.404. The van der Waals surface area contributed by atoms with E-state index in [1.54, 1.807) is 4.90 Å². The van der Waals surface area contributed by atoms with Crippen molar-refractivity contribution in [1.82, 2.24) is 10.2 Å². The van der Waals surface area contributed by atoms with E-state index >= 15 is 0 Å². The first-order valence-electron chi connectivity index (χ1n) is 7.51. The van der Waals surface area contributed by atoms with E-state index in [4.69, 9.17) is 0 Å². The minimum atomic E-state index is 0.243. The van der Waals surface area contributed by atoms with Crippen molar-refractivity contribution < 1.29 is 4.79 Å². The molecule has 0 aromatic carbocycles. The second-order valence-corrected chi connectivity index (χ2v) is 7.16. The number of nitrogens with one attached hydrogen (secondary N) is 1. The lowest BCUT2D eigenvalue weighted by Gasteiger charge is -2.57. The Bertz CT molecular complexity index is 302. The van der Waals surface area contributed by atoms with Crippen molar-refractivity contribution in [2.45, 2.75) is 50.5 Å². The lowest BCUT2D eigenvalue weighted by molar-refractivity contribution is -0.128.